The van der Waals surface area contributed by atoms with Crippen molar-refractivity contribution in [1.29, 1.82) is 0 Å². The first-order valence-corrected chi connectivity index (χ1v) is 12.8. The Labute approximate surface area is 189 Å². The van der Waals surface area contributed by atoms with E-state index in [4.69, 9.17) is 0 Å². The summed E-state index contributed by atoms with van der Waals surface area (Å²) in [5, 5.41) is 21.7. The van der Waals surface area contributed by atoms with Gasteiger partial charge in [-0.2, -0.15) is 0 Å². The number of allylic oxidation sites excluding steroid dienone is 3. The van der Waals surface area contributed by atoms with E-state index in [1.165, 1.54) is 18.4 Å². The maximum Gasteiger partial charge on any atom is 0.187 e. The van der Waals surface area contributed by atoms with Gasteiger partial charge >= 0.3 is 0 Å². The van der Waals surface area contributed by atoms with E-state index in [1.807, 2.05) is 6.08 Å². The second kappa shape index (κ2) is 7.83. The minimum Gasteiger partial charge on any atom is -0.393 e. The summed E-state index contributed by atoms with van der Waals surface area (Å²) in [5.41, 5.74) is -0.275. The molecule has 0 unspecified atom stereocenters. The average molecular weight is 429 g/mol. The van der Waals surface area contributed by atoms with Gasteiger partial charge in [0.25, 0.3) is 0 Å². The molecule has 0 amide bonds. The monoisotopic (exact) mass is 428 g/mol. The fraction of sp³-hybridized carbons (Fsp3) is 0.821. The van der Waals surface area contributed by atoms with Crippen LogP contribution < -0.4 is 0 Å². The smallest absolute Gasteiger partial charge is 0.187 e. The number of hydrogen-bond donors (Lipinski definition) is 2. The van der Waals surface area contributed by atoms with Crippen LogP contribution in [0.2, 0.25) is 0 Å². The zero-order valence-corrected chi connectivity index (χ0v) is 20.5. The molecule has 9 atom stereocenters. The van der Waals surface area contributed by atoms with Gasteiger partial charge in [-0.05, 0) is 85.5 Å². The van der Waals surface area contributed by atoms with Crippen LogP contribution in [-0.2, 0) is 4.79 Å². The quantitative estimate of drug-likeness (QED) is 0.564. The zero-order valence-electron chi connectivity index (χ0n) is 20.5. The molecule has 0 saturated heterocycles. The van der Waals surface area contributed by atoms with E-state index in [2.05, 4.69) is 53.7 Å². The van der Waals surface area contributed by atoms with Gasteiger partial charge in [-0.1, -0.05) is 59.3 Å². The third-order valence-corrected chi connectivity index (χ3v) is 10.5. The summed E-state index contributed by atoms with van der Waals surface area (Å²) in [4.78, 5) is 13.3. The van der Waals surface area contributed by atoms with E-state index in [-0.39, 0.29) is 23.5 Å². The van der Waals surface area contributed by atoms with E-state index in [0.717, 1.165) is 19.3 Å². The van der Waals surface area contributed by atoms with Gasteiger partial charge in [-0.25, -0.2) is 0 Å². The third kappa shape index (κ3) is 3.41. The van der Waals surface area contributed by atoms with Gasteiger partial charge in [0, 0.05) is 11.8 Å². The second-order valence-corrected chi connectivity index (χ2v) is 12.4. The van der Waals surface area contributed by atoms with Crippen molar-refractivity contribution >= 4 is 5.78 Å². The van der Waals surface area contributed by atoms with Gasteiger partial charge in [0.1, 0.15) is 5.60 Å². The molecule has 0 aromatic rings. The SMILES string of the molecule is CC(C)[C@@H](C)/C=C/[C@@H](C)[C@H]1CC[C@H]2C3=CC(=O)[C@]4(O)C[C@H](O)CC[C@]4(C)[C@H]3CC[C@]12C. The molecule has 31 heavy (non-hydrogen) atoms. The zero-order chi connectivity index (χ0) is 22.8. The van der Waals surface area contributed by atoms with Crippen LogP contribution in [0.25, 0.3) is 0 Å². The first-order chi connectivity index (χ1) is 14.4. The molecule has 0 radical (unpaired) electrons. The number of fused-ring (bicyclic) bond motifs is 5. The van der Waals surface area contributed by atoms with Crippen LogP contribution in [0, 0.1) is 46.3 Å². The summed E-state index contributed by atoms with van der Waals surface area (Å²) >= 11 is 0. The highest BCUT2D eigenvalue weighted by atomic mass is 16.3. The van der Waals surface area contributed by atoms with Crippen LogP contribution in [-0.4, -0.2) is 27.7 Å². The fourth-order valence-electron chi connectivity index (χ4n) is 7.96. The molecule has 0 aliphatic heterocycles. The Bertz CT molecular complexity index is 781. The number of carbonyl (C=O) groups is 1. The van der Waals surface area contributed by atoms with Crippen molar-refractivity contribution in [3.8, 4) is 0 Å². The van der Waals surface area contributed by atoms with Crippen LogP contribution in [0.3, 0.4) is 0 Å². The van der Waals surface area contributed by atoms with Crippen LogP contribution in [0.15, 0.2) is 23.8 Å². The molecular weight excluding hydrogens is 384 g/mol. The standard InChI is InChI=1S/C28H44O3/c1-17(2)18(3)7-8-19(4)22-9-10-23-21-15-25(30)28(31)16-20(29)11-14-27(28,6)24(21)12-13-26(22,23)5/h7-8,15,17-20,22-24,29,31H,9-14,16H2,1-6H3/b8-7+/t18-,19+,20+,22+,23-,24-,26+,27+,28+/m0/s1. The van der Waals surface area contributed by atoms with Crippen molar-refractivity contribution in [3.05, 3.63) is 23.8 Å². The van der Waals surface area contributed by atoms with E-state index < -0.39 is 17.1 Å². The van der Waals surface area contributed by atoms with E-state index in [0.29, 0.717) is 36.0 Å². The van der Waals surface area contributed by atoms with Gasteiger partial charge in [-0.3, -0.25) is 4.79 Å². The molecule has 3 fully saturated rings. The predicted octanol–water partition coefficient (Wildman–Crippen LogP) is 5.70. The van der Waals surface area contributed by atoms with Crippen molar-refractivity contribution in [2.24, 2.45) is 46.3 Å². The molecule has 0 bridgehead atoms. The number of ketones is 1. The minimum absolute atomic E-state index is 0.147. The number of rotatable bonds is 4. The highest BCUT2D eigenvalue weighted by Gasteiger charge is 2.65. The van der Waals surface area contributed by atoms with Crippen molar-refractivity contribution < 1.29 is 15.0 Å². The van der Waals surface area contributed by atoms with Crippen molar-refractivity contribution in [2.75, 3.05) is 0 Å². The van der Waals surface area contributed by atoms with E-state index in [9.17, 15) is 15.0 Å². The van der Waals surface area contributed by atoms with Crippen LogP contribution >= 0.6 is 0 Å². The topological polar surface area (TPSA) is 57.5 Å². The van der Waals surface area contributed by atoms with E-state index in [1.54, 1.807) is 0 Å². The summed E-state index contributed by atoms with van der Waals surface area (Å²) in [6.07, 6.45) is 12.4. The maximum atomic E-state index is 13.3. The van der Waals surface area contributed by atoms with Gasteiger partial charge in [-0.15, -0.1) is 0 Å². The van der Waals surface area contributed by atoms with Gasteiger partial charge < -0.3 is 10.2 Å². The second-order valence-electron chi connectivity index (χ2n) is 12.4. The Hall–Kier alpha value is -0.930. The first-order valence-electron chi connectivity index (χ1n) is 12.8. The van der Waals surface area contributed by atoms with Crippen LogP contribution in [0.5, 0.6) is 0 Å². The molecular formula is C28H44O3. The summed E-state index contributed by atoms with van der Waals surface area (Å²) in [6.45, 7) is 13.9. The number of aliphatic hydroxyl groups is 2. The first kappa shape index (κ1) is 23.2. The minimum atomic E-state index is -1.40. The molecule has 2 N–H and O–H groups in total. The molecule has 0 spiro atoms. The summed E-state index contributed by atoms with van der Waals surface area (Å²) in [6, 6.07) is 0. The summed E-state index contributed by atoms with van der Waals surface area (Å²) in [7, 11) is 0. The Balaban J connectivity index is 1.62. The molecule has 0 aromatic heterocycles. The van der Waals surface area contributed by atoms with Gasteiger partial charge in [0.05, 0.1) is 6.10 Å². The third-order valence-electron chi connectivity index (χ3n) is 10.5. The molecule has 174 valence electrons. The Morgan fingerprint density at radius 3 is 2.39 bits per heavy atom. The lowest BCUT2D eigenvalue weighted by molar-refractivity contribution is -0.180. The Morgan fingerprint density at radius 2 is 1.71 bits per heavy atom. The highest BCUT2D eigenvalue weighted by Crippen LogP contribution is 2.67. The molecule has 0 heterocycles. The lowest BCUT2D eigenvalue weighted by Gasteiger charge is -2.59. The molecule has 0 aromatic carbocycles. The number of hydrogen-bond acceptors (Lipinski definition) is 3. The lowest BCUT2D eigenvalue weighted by Crippen LogP contribution is -2.64. The molecule has 4 aliphatic rings. The lowest BCUT2D eigenvalue weighted by atomic mass is 9.46. The number of carbonyl (C=O) groups excluding carboxylic acids is 1. The fourth-order valence-corrected chi connectivity index (χ4v) is 7.96. The molecule has 3 nitrogen and oxygen atoms in total. The number of aliphatic hydroxyl groups excluding tert-OH is 1. The Morgan fingerprint density at radius 1 is 1.00 bits per heavy atom. The maximum absolute atomic E-state index is 13.3. The molecule has 3 saturated carbocycles. The van der Waals surface area contributed by atoms with E-state index >= 15 is 0 Å². The molecule has 4 rings (SSSR count). The van der Waals surface area contributed by atoms with Gasteiger partial charge in [0.15, 0.2) is 5.78 Å². The van der Waals surface area contributed by atoms with Crippen LogP contribution in [0.1, 0.15) is 86.5 Å². The Kier molecular flexibility index (Phi) is 5.87. The molecule has 3 heteroatoms. The van der Waals surface area contributed by atoms with Crippen molar-refractivity contribution in [2.45, 2.75) is 98.2 Å². The van der Waals surface area contributed by atoms with Crippen molar-refractivity contribution in [1.82, 2.24) is 0 Å². The van der Waals surface area contributed by atoms with Crippen LogP contribution in [0.4, 0.5) is 0 Å². The summed E-state index contributed by atoms with van der Waals surface area (Å²) in [5.74, 6) is 3.03. The summed E-state index contributed by atoms with van der Waals surface area (Å²) < 4.78 is 0. The normalized spacial score (nSPS) is 47.0. The molecule has 4 aliphatic carbocycles. The largest absolute Gasteiger partial charge is 0.393 e. The van der Waals surface area contributed by atoms with Gasteiger partial charge in [0.2, 0.25) is 0 Å². The highest BCUT2D eigenvalue weighted by molar-refractivity contribution is 5.99. The average Bonchev–Trinajstić information content (AvgIpc) is 3.05. The van der Waals surface area contributed by atoms with Crippen molar-refractivity contribution in [3.63, 3.8) is 0 Å². The predicted molar refractivity (Wildman–Crippen MR) is 125 cm³/mol.